The topological polar surface area (TPSA) is 88.0 Å². The van der Waals surface area contributed by atoms with Gasteiger partial charge in [-0.05, 0) is 82.8 Å². The highest BCUT2D eigenvalue weighted by Crippen LogP contribution is 2.45. The van der Waals surface area contributed by atoms with Gasteiger partial charge < -0.3 is 25.0 Å². The number of phenolic OH excluding ortho intramolecular Hbond substituents is 2. The second-order valence-electron chi connectivity index (χ2n) is 7.90. The summed E-state index contributed by atoms with van der Waals surface area (Å²) in [4.78, 5) is 12.8. The van der Waals surface area contributed by atoms with E-state index in [1.54, 1.807) is 30.3 Å². The molecular formula is C27H24FNO5. The number of carbonyl (C=O) groups excluding carboxylic acids is 1. The third kappa shape index (κ3) is 4.45. The minimum absolute atomic E-state index is 0.0253. The number of phenols is 2. The van der Waals surface area contributed by atoms with E-state index in [-0.39, 0.29) is 35.3 Å². The summed E-state index contributed by atoms with van der Waals surface area (Å²) in [6.07, 6.45) is 1.91. The van der Waals surface area contributed by atoms with Crippen molar-refractivity contribution in [2.24, 2.45) is 0 Å². The van der Waals surface area contributed by atoms with E-state index in [2.05, 4.69) is 5.32 Å². The molecule has 0 spiro atoms. The second kappa shape index (κ2) is 9.31. The van der Waals surface area contributed by atoms with Gasteiger partial charge in [0.15, 0.2) is 11.5 Å². The number of allylic oxidation sites excluding steroid dienone is 2. The first-order chi connectivity index (χ1) is 16.3. The highest BCUT2D eigenvalue weighted by molar-refractivity contribution is 6.10. The van der Waals surface area contributed by atoms with Crippen molar-refractivity contribution in [1.29, 1.82) is 0 Å². The van der Waals surface area contributed by atoms with E-state index in [1.807, 2.05) is 13.0 Å². The Morgan fingerprint density at radius 1 is 1.00 bits per heavy atom. The minimum Gasteiger partial charge on any atom is -0.508 e. The van der Waals surface area contributed by atoms with Crippen molar-refractivity contribution in [1.82, 2.24) is 0 Å². The van der Waals surface area contributed by atoms with Gasteiger partial charge in [0, 0.05) is 11.8 Å². The standard InChI is InChI=1S/C27H24FNO5/c1-15-21(9-16-10-24(33-2)27(32)25(11-16)34-3)20-8-7-17(28)12-23(20)22(15)14-26(31)29-18-5-4-6-19(30)13-18/h4-13,30,32H,14H2,1-3H3,(H,29,31)/b21-9-. The van der Waals surface area contributed by atoms with Crippen molar-refractivity contribution >= 4 is 28.8 Å². The monoisotopic (exact) mass is 461 g/mol. The molecule has 1 aliphatic carbocycles. The molecule has 7 heteroatoms. The summed E-state index contributed by atoms with van der Waals surface area (Å²) in [6.45, 7) is 1.88. The number of rotatable bonds is 6. The summed E-state index contributed by atoms with van der Waals surface area (Å²) in [7, 11) is 2.90. The van der Waals surface area contributed by atoms with Crippen LogP contribution in [0.15, 0.2) is 60.2 Å². The number of anilines is 1. The number of methoxy groups -OCH3 is 2. The molecule has 0 bridgehead atoms. The van der Waals surface area contributed by atoms with Gasteiger partial charge in [-0.25, -0.2) is 4.39 Å². The van der Waals surface area contributed by atoms with Crippen molar-refractivity contribution in [2.45, 2.75) is 13.3 Å². The molecule has 0 saturated heterocycles. The average Bonchev–Trinajstić information content (AvgIpc) is 3.05. The zero-order valence-corrected chi connectivity index (χ0v) is 19.0. The van der Waals surface area contributed by atoms with Crippen molar-refractivity contribution in [3.05, 3.63) is 82.7 Å². The molecule has 0 unspecified atom stereocenters. The fourth-order valence-corrected chi connectivity index (χ4v) is 4.09. The predicted octanol–water partition coefficient (Wildman–Crippen LogP) is 5.61. The first-order valence-corrected chi connectivity index (χ1v) is 10.6. The maximum absolute atomic E-state index is 14.2. The van der Waals surface area contributed by atoms with E-state index in [0.717, 1.165) is 16.7 Å². The van der Waals surface area contributed by atoms with Crippen molar-refractivity contribution in [2.75, 3.05) is 19.5 Å². The van der Waals surface area contributed by atoms with Gasteiger partial charge in [0.1, 0.15) is 11.6 Å². The molecule has 0 aliphatic heterocycles. The average molecular weight is 461 g/mol. The van der Waals surface area contributed by atoms with Gasteiger partial charge in [0.2, 0.25) is 11.7 Å². The van der Waals surface area contributed by atoms with Crippen LogP contribution in [0.25, 0.3) is 17.2 Å². The Kier molecular flexibility index (Phi) is 6.27. The quantitative estimate of drug-likeness (QED) is 0.444. The molecule has 1 aliphatic rings. The first kappa shape index (κ1) is 22.9. The number of ether oxygens (including phenoxy) is 2. The van der Waals surface area contributed by atoms with Gasteiger partial charge in [-0.2, -0.15) is 0 Å². The highest BCUT2D eigenvalue weighted by atomic mass is 19.1. The maximum atomic E-state index is 14.2. The minimum atomic E-state index is -0.397. The summed E-state index contributed by atoms with van der Waals surface area (Å²) in [5.41, 5.74) is 4.98. The number of benzene rings is 3. The fraction of sp³-hybridized carbons (Fsp3) is 0.148. The molecule has 3 aromatic rings. The maximum Gasteiger partial charge on any atom is 0.228 e. The zero-order chi connectivity index (χ0) is 24.4. The molecule has 174 valence electrons. The molecule has 0 fully saturated rings. The van der Waals surface area contributed by atoms with E-state index >= 15 is 0 Å². The zero-order valence-electron chi connectivity index (χ0n) is 19.0. The number of halogens is 1. The van der Waals surface area contributed by atoms with Gasteiger partial charge >= 0.3 is 0 Å². The Morgan fingerprint density at radius 2 is 1.71 bits per heavy atom. The number of amides is 1. The van der Waals surface area contributed by atoms with Gasteiger partial charge in [-0.1, -0.05) is 12.1 Å². The van der Waals surface area contributed by atoms with Crippen LogP contribution in [-0.4, -0.2) is 30.3 Å². The lowest BCUT2D eigenvalue weighted by molar-refractivity contribution is -0.115. The van der Waals surface area contributed by atoms with Crippen LogP contribution in [-0.2, 0) is 4.79 Å². The van der Waals surface area contributed by atoms with Crippen LogP contribution < -0.4 is 14.8 Å². The largest absolute Gasteiger partial charge is 0.508 e. The van der Waals surface area contributed by atoms with Crippen LogP contribution in [0.3, 0.4) is 0 Å². The van der Waals surface area contributed by atoms with E-state index in [4.69, 9.17) is 9.47 Å². The molecule has 0 atom stereocenters. The molecule has 34 heavy (non-hydrogen) atoms. The number of aromatic hydroxyl groups is 2. The lowest BCUT2D eigenvalue weighted by atomic mass is 10.00. The highest BCUT2D eigenvalue weighted by Gasteiger charge is 2.26. The molecule has 0 saturated carbocycles. The smallest absolute Gasteiger partial charge is 0.228 e. The number of fused-ring (bicyclic) bond motifs is 1. The summed E-state index contributed by atoms with van der Waals surface area (Å²) >= 11 is 0. The van der Waals surface area contributed by atoms with Crippen molar-refractivity contribution < 1.29 is 28.9 Å². The van der Waals surface area contributed by atoms with Crippen LogP contribution in [0.1, 0.15) is 30.0 Å². The molecule has 3 aromatic carbocycles. The summed E-state index contributed by atoms with van der Waals surface area (Å²) in [5.74, 6) is -0.216. The molecule has 4 rings (SSSR count). The second-order valence-corrected chi connectivity index (χ2v) is 7.90. The number of carbonyl (C=O) groups is 1. The van der Waals surface area contributed by atoms with Crippen molar-refractivity contribution in [3.8, 4) is 23.0 Å². The summed E-state index contributed by atoms with van der Waals surface area (Å²) < 4.78 is 24.7. The van der Waals surface area contributed by atoms with E-state index < -0.39 is 5.82 Å². The van der Waals surface area contributed by atoms with E-state index in [0.29, 0.717) is 22.4 Å². The van der Waals surface area contributed by atoms with Crippen LogP contribution in [0.2, 0.25) is 0 Å². The molecule has 6 nitrogen and oxygen atoms in total. The lowest BCUT2D eigenvalue weighted by Crippen LogP contribution is -2.12. The third-order valence-corrected chi connectivity index (χ3v) is 5.73. The van der Waals surface area contributed by atoms with Crippen LogP contribution in [0.5, 0.6) is 23.0 Å². The van der Waals surface area contributed by atoms with Gasteiger partial charge in [-0.3, -0.25) is 4.79 Å². The van der Waals surface area contributed by atoms with Crippen LogP contribution in [0.4, 0.5) is 10.1 Å². The molecule has 1 amide bonds. The molecule has 3 N–H and O–H groups in total. The normalized spacial score (nSPS) is 13.7. The Hall–Kier alpha value is -4.26. The van der Waals surface area contributed by atoms with Crippen molar-refractivity contribution in [3.63, 3.8) is 0 Å². The fourth-order valence-electron chi connectivity index (χ4n) is 4.09. The van der Waals surface area contributed by atoms with E-state index in [1.165, 1.54) is 38.5 Å². The predicted molar refractivity (Wildman–Crippen MR) is 129 cm³/mol. The molecule has 0 aromatic heterocycles. The van der Waals surface area contributed by atoms with E-state index in [9.17, 15) is 19.4 Å². The Labute approximate surface area is 196 Å². The molecule has 0 heterocycles. The Balaban J connectivity index is 1.74. The Morgan fingerprint density at radius 3 is 2.35 bits per heavy atom. The SMILES string of the molecule is COc1cc(/C=C2/C(C)=C(CC(=O)Nc3cccc(O)c3)c3cc(F)ccc32)cc(OC)c1O. The number of nitrogens with one attached hydrogen (secondary N) is 1. The van der Waals surface area contributed by atoms with Gasteiger partial charge in [-0.15, -0.1) is 0 Å². The van der Waals surface area contributed by atoms with Crippen LogP contribution in [0, 0.1) is 5.82 Å². The number of hydrogen-bond acceptors (Lipinski definition) is 5. The molecular weight excluding hydrogens is 437 g/mol. The third-order valence-electron chi connectivity index (χ3n) is 5.73. The summed E-state index contributed by atoms with van der Waals surface area (Å²) in [5, 5.41) is 22.6. The lowest BCUT2D eigenvalue weighted by Gasteiger charge is -2.11. The number of hydrogen-bond donors (Lipinski definition) is 3. The van der Waals surface area contributed by atoms with Crippen LogP contribution >= 0.6 is 0 Å². The molecule has 0 radical (unpaired) electrons. The Bertz CT molecular complexity index is 1320. The van der Waals surface area contributed by atoms with Gasteiger partial charge in [0.25, 0.3) is 0 Å². The first-order valence-electron chi connectivity index (χ1n) is 10.6. The van der Waals surface area contributed by atoms with Gasteiger partial charge in [0.05, 0.1) is 20.6 Å². The summed E-state index contributed by atoms with van der Waals surface area (Å²) in [6, 6.07) is 14.1.